The fourth-order valence-electron chi connectivity index (χ4n) is 15.8. The molecule has 6 aliphatic carbocycles. The number of aromatic carboxylic acids is 1. The minimum atomic E-state index is -0.857. The summed E-state index contributed by atoms with van der Waals surface area (Å²) in [7, 11) is 3.36. The van der Waals surface area contributed by atoms with Crippen molar-refractivity contribution in [2.45, 2.75) is 135 Å². The van der Waals surface area contributed by atoms with Crippen molar-refractivity contribution >= 4 is 94.6 Å². The van der Waals surface area contributed by atoms with Gasteiger partial charge in [-0.05, 0) is 197 Å². The Bertz CT molecular complexity index is 5100. The van der Waals surface area contributed by atoms with Crippen molar-refractivity contribution in [2.24, 2.45) is 16.2 Å². The number of ketones is 1. The van der Waals surface area contributed by atoms with Crippen LogP contribution in [0.2, 0.25) is 0 Å². The molecular weight excluding hydrogens is 1240 g/mol. The molecule has 0 amide bonds. The molecule has 19 rings (SSSR count). The number of carbonyl (C=O) groups excluding carboxylic acids is 1. The lowest BCUT2D eigenvalue weighted by atomic mass is 9.86. The fourth-order valence-corrected chi connectivity index (χ4v) is 15.8. The number of para-hydroxylation sites is 2. The van der Waals surface area contributed by atoms with Gasteiger partial charge in [-0.2, -0.15) is 0 Å². The summed E-state index contributed by atoms with van der Waals surface area (Å²) in [6.45, 7) is 5.64. The van der Waals surface area contributed by atoms with Gasteiger partial charge in [-0.15, -0.1) is 0 Å². The zero-order valence-corrected chi connectivity index (χ0v) is 55.7. The predicted octanol–water partition coefficient (Wildman–Crippen LogP) is 15.1. The molecule has 7 heterocycles. The summed E-state index contributed by atoms with van der Waals surface area (Å²) in [6, 6.07) is 38.1. The van der Waals surface area contributed by atoms with E-state index in [-0.39, 0.29) is 11.7 Å². The van der Waals surface area contributed by atoms with E-state index in [1.807, 2.05) is 54.6 Å². The van der Waals surface area contributed by atoms with Gasteiger partial charge in [0.2, 0.25) is 0 Å². The molecule has 19 nitrogen and oxygen atoms in total. The van der Waals surface area contributed by atoms with Crippen molar-refractivity contribution in [1.29, 1.82) is 0 Å². The average molecular weight is 1320 g/mol. The Hall–Kier alpha value is -10.4. The number of carboxylic acid groups (broad SMARTS) is 2. The molecule has 7 aliphatic rings. The topological polar surface area (TPSA) is 289 Å². The molecule has 1 atom stereocenters. The van der Waals surface area contributed by atoms with Crippen LogP contribution in [-0.2, 0) is 89.7 Å². The molecular formula is C79H82N8O11. The van der Waals surface area contributed by atoms with Crippen molar-refractivity contribution in [1.82, 2.24) is 29.9 Å². The van der Waals surface area contributed by atoms with Crippen LogP contribution in [0.15, 0.2) is 126 Å². The number of fused-ring (bicyclic) bond motifs is 18. The monoisotopic (exact) mass is 1320 g/mol. The number of H-pyrrole nitrogens is 6. The van der Waals surface area contributed by atoms with E-state index < -0.39 is 11.9 Å². The first-order valence-corrected chi connectivity index (χ1v) is 34.1. The van der Waals surface area contributed by atoms with Crippen LogP contribution in [0.25, 0.3) is 65.4 Å². The maximum Gasteiger partial charge on any atom is 0.335 e. The zero-order valence-electron chi connectivity index (χ0n) is 55.7. The van der Waals surface area contributed by atoms with Crippen LogP contribution in [0.4, 0.5) is 0 Å². The van der Waals surface area contributed by atoms with Gasteiger partial charge >= 0.3 is 11.9 Å². The van der Waals surface area contributed by atoms with Gasteiger partial charge in [0.25, 0.3) is 0 Å². The lowest BCUT2D eigenvalue weighted by Crippen LogP contribution is -2.36. The number of hydrogen-bond donors (Lipinski definition) is 10. The number of hydrogen-bond acceptors (Lipinski definition) is 11. The molecule has 1 saturated heterocycles. The predicted molar refractivity (Wildman–Crippen MR) is 381 cm³/mol. The summed E-state index contributed by atoms with van der Waals surface area (Å²) >= 11 is 0. The largest absolute Gasteiger partial charge is 0.497 e. The van der Waals surface area contributed by atoms with Crippen LogP contribution in [0, 0.1) is 19.8 Å². The highest BCUT2D eigenvalue weighted by Crippen LogP contribution is 2.41. The molecule has 10 N–H and O–H groups in total. The standard InChI is InChI=1S/C15H17NO3.C15H17NO2.C13H13NO2.2C12H12N2O.C12H11NO2/c1-17-10-2-3-13-11(8-10)12-9-15(18-6-7-19-15)5-4-14(12)16-13;1-8-3-4-9(2)14-13(8)11-6-5-10(15(17)18)7-12(11)16-14;1-16-9-3-5-13-11(7-9)10-6-8(15)2-4-12(10)14-13;15-14-11-7-3-6-10-12(11)8-4-1-2-5-9(8)13-10;15-14-8-5-6-12-10(7-8)9-3-1-2-4-11(9)13-12;14-12(15)7-4-5-11-9(6-7)8-2-1-3-10(8)13-11/h2-3,8,16H,4-7,9H2,1H3;3-4,10,16H,5-7H2,1-2H3,(H,17,18);3,5,7,14H,2,4,6H2,1H3;1-2,4-5,13,15H,3,6-7H2;1-4,13,15H,5-7H2;4-6,13H,1-3H2,(H,14,15)/b;;;14-11+;14-8+;. The van der Waals surface area contributed by atoms with Gasteiger partial charge in [0, 0.05) is 144 Å². The molecule has 0 bridgehead atoms. The molecule has 504 valence electrons. The number of aliphatic carboxylic acids is 1. The molecule has 1 unspecified atom stereocenters. The molecule has 12 aromatic rings. The molecule has 19 heteroatoms. The zero-order chi connectivity index (χ0) is 67.8. The van der Waals surface area contributed by atoms with Gasteiger partial charge in [0.15, 0.2) is 5.79 Å². The Labute approximate surface area is 565 Å². The highest BCUT2D eigenvalue weighted by molar-refractivity contribution is 6.12. The molecule has 98 heavy (non-hydrogen) atoms. The minimum Gasteiger partial charge on any atom is -0.497 e. The molecule has 0 saturated carbocycles. The Morgan fingerprint density at radius 1 is 0.520 bits per heavy atom. The van der Waals surface area contributed by atoms with E-state index in [1.165, 1.54) is 106 Å². The number of ether oxygens (including phenoxy) is 4. The normalized spacial score (nSPS) is 17.8. The number of aromatic nitrogens is 6. The number of rotatable bonds is 4. The van der Waals surface area contributed by atoms with Gasteiger partial charge in [-0.25, -0.2) is 4.79 Å². The third-order valence-electron chi connectivity index (χ3n) is 20.8. The van der Waals surface area contributed by atoms with Gasteiger partial charge in [0.05, 0.1) is 50.3 Å². The summed E-state index contributed by atoms with van der Waals surface area (Å²) in [5.74, 6) is -0.0833. The lowest BCUT2D eigenvalue weighted by molar-refractivity contribution is -0.163. The summed E-state index contributed by atoms with van der Waals surface area (Å²) < 4.78 is 22.2. The third-order valence-corrected chi connectivity index (χ3v) is 20.8. The molecule has 1 fully saturated rings. The maximum atomic E-state index is 11.5. The number of nitrogens with zero attached hydrogens (tertiary/aromatic N) is 2. The number of oxime groups is 2. The van der Waals surface area contributed by atoms with Crippen molar-refractivity contribution in [3.05, 3.63) is 199 Å². The van der Waals surface area contributed by atoms with Crippen LogP contribution in [0.5, 0.6) is 11.5 Å². The summed E-state index contributed by atoms with van der Waals surface area (Å²) in [5, 5.41) is 49.8. The number of carbonyl (C=O) groups is 3. The van der Waals surface area contributed by atoms with Gasteiger partial charge in [-0.1, -0.05) is 58.8 Å². The second kappa shape index (κ2) is 27.6. The van der Waals surface area contributed by atoms with E-state index in [1.54, 1.807) is 26.4 Å². The second-order valence-corrected chi connectivity index (χ2v) is 26.7. The first-order chi connectivity index (χ1) is 47.7. The Morgan fingerprint density at radius 2 is 1.09 bits per heavy atom. The van der Waals surface area contributed by atoms with Crippen LogP contribution < -0.4 is 9.47 Å². The number of aromatic amines is 6. The molecule has 1 aliphatic heterocycles. The Balaban J connectivity index is 0.000000101. The highest BCUT2D eigenvalue weighted by Gasteiger charge is 2.41. The fraction of sp³-hybridized carbons (Fsp3) is 0.329. The Morgan fingerprint density at radius 3 is 1.77 bits per heavy atom. The number of Topliss-reactive ketones (excluding diaryl/α,β-unsaturated/α-hetero) is 1. The van der Waals surface area contributed by atoms with Crippen LogP contribution in [0.1, 0.15) is 134 Å². The third kappa shape index (κ3) is 12.8. The van der Waals surface area contributed by atoms with E-state index in [9.17, 15) is 14.4 Å². The van der Waals surface area contributed by atoms with Crippen molar-refractivity contribution in [2.75, 3.05) is 27.4 Å². The van der Waals surface area contributed by atoms with E-state index in [0.29, 0.717) is 43.8 Å². The number of nitrogens with one attached hydrogen (secondary N) is 6. The number of benzene rings is 6. The smallest absolute Gasteiger partial charge is 0.335 e. The van der Waals surface area contributed by atoms with Crippen LogP contribution >= 0.6 is 0 Å². The molecule has 6 aromatic heterocycles. The summed E-state index contributed by atoms with van der Waals surface area (Å²) in [5.41, 5.74) is 26.4. The highest BCUT2D eigenvalue weighted by atomic mass is 16.7. The molecule has 1 spiro atoms. The van der Waals surface area contributed by atoms with E-state index in [2.05, 4.69) is 103 Å². The van der Waals surface area contributed by atoms with E-state index in [0.717, 1.165) is 157 Å². The minimum absolute atomic E-state index is 0.230. The van der Waals surface area contributed by atoms with Gasteiger partial charge in [-0.3, -0.25) is 9.59 Å². The first-order valence-electron chi connectivity index (χ1n) is 34.1. The summed E-state index contributed by atoms with van der Waals surface area (Å²) in [4.78, 5) is 53.9. The van der Waals surface area contributed by atoms with E-state index in [4.69, 9.17) is 39.6 Å². The quantitative estimate of drug-likeness (QED) is 0.0584. The Kier molecular flexibility index (Phi) is 18.3. The van der Waals surface area contributed by atoms with Crippen molar-refractivity contribution in [3.63, 3.8) is 0 Å². The van der Waals surface area contributed by atoms with Crippen molar-refractivity contribution < 1.29 is 54.0 Å². The van der Waals surface area contributed by atoms with Crippen LogP contribution in [-0.4, -0.2) is 113 Å². The first kappa shape index (κ1) is 64.9. The lowest BCUT2D eigenvalue weighted by Gasteiger charge is -2.31. The number of aryl methyl sites for hydroxylation is 9. The molecule has 0 radical (unpaired) electrons. The van der Waals surface area contributed by atoms with Crippen LogP contribution in [0.3, 0.4) is 0 Å². The maximum absolute atomic E-state index is 11.5. The SMILES string of the molecule is COc1ccc2[nH]c3c(c2c1)CC(=O)CC3.COc1ccc2[nH]c3c(c2c1)CC1(CC3)OCCO1.Cc1ccc(C)c2c3c([nH]c12)CC(C(=O)O)CC3.O/N=C1\CCCc2[nH]c3ccccc3c21.O/N=C1\CCc2[nH]c3ccccc3c2C1.O=C(O)c1ccc2[nH]c3c(c2c1)CCC3. The number of carboxylic acids is 2. The van der Waals surface area contributed by atoms with Gasteiger partial charge in [0.1, 0.15) is 17.3 Å². The average Bonchev–Trinajstić information content (AvgIpc) is 1.62. The van der Waals surface area contributed by atoms with Crippen molar-refractivity contribution in [3.8, 4) is 11.5 Å². The summed E-state index contributed by atoms with van der Waals surface area (Å²) in [6.07, 6.45) is 15.9. The second-order valence-electron chi connectivity index (χ2n) is 26.7. The molecule has 6 aromatic carbocycles. The number of methoxy groups -OCH3 is 2. The van der Waals surface area contributed by atoms with E-state index >= 15 is 0 Å². The van der Waals surface area contributed by atoms with Gasteiger partial charge < -0.3 is 69.5 Å².